The predicted molar refractivity (Wildman–Crippen MR) is 223 cm³/mol. The summed E-state index contributed by atoms with van der Waals surface area (Å²) in [5.74, 6) is 2.21. The van der Waals surface area contributed by atoms with E-state index >= 15 is 0 Å². The molecular formula is C48H52N4. The minimum atomic E-state index is 0.540. The van der Waals surface area contributed by atoms with Crippen LogP contribution >= 0.6 is 0 Å². The normalized spacial score (nSPS) is 11.0. The number of benzene rings is 4. The maximum atomic E-state index is 4.40. The van der Waals surface area contributed by atoms with Gasteiger partial charge in [-0.2, -0.15) is 0 Å². The molecule has 0 saturated heterocycles. The summed E-state index contributed by atoms with van der Waals surface area (Å²) < 4.78 is 0. The van der Waals surface area contributed by atoms with Gasteiger partial charge in [-0.25, -0.2) is 0 Å². The smallest absolute Gasteiger partial charge is 0.0704 e. The van der Waals surface area contributed by atoms with Crippen LogP contribution in [0.5, 0.6) is 0 Å². The first-order valence-corrected chi connectivity index (χ1v) is 18.5. The molecule has 4 heterocycles. The fourth-order valence-electron chi connectivity index (χ4n) is 6.04. The fraction of sp³-hybridized carbons (Fsp3) is 0.250. The van der Waals surface area contributed by atoms with Crippen LogP contribution in [0.2, 0.25) is 0 Å². The van der Waals surface area contributed by atoms with E-state index in [4.69, 9.17) is 0 Å². The van der Waals surface area contributed by atoms with Crippen LogP contribution in [0.25, 0.3) is 43.5 Å². The zero-order chi connectivity index (χ0) is 37.0. The summed E-state index contributed by atoms with van der Waals surface area (Å²) in [6.07, 6.45) is 9.65. The lowest BCUT2D eigenvalue weighted by Gasteiger charge is -2.08. The molecule has 264 valence electrons. The molecule has 4 aromatic heterocycles. The van der Waals surface area contributed by atoms with Crippen molar-refractivity contribution in [3.8, 4) is 0 Å². The van der Waals surface area contributed by atoms with E-state index in [0.29, 0.717) is 23.7 Å². The summed E-state index contributed by atoms with van der Waals surface area (Å²) in [6.45, 7) is 17.6. The van der Waals surface area contributed by atoms with Crippen molar-refractivity contribution in [1.29, 1.82) is 0 Å². The Morgan fingerprint density at radius 1 is 0.365 bits per heavy atom. The van der Waals surface area contributed by atoms with Crippen molar-refractivity contribution in [2.24, 2.45) is 0 Å². The minimum Gasteiger partial charge on any atom is -0.264 e. The van der Waals surface area contributed by atoms with Crippen molar-refractivity contribution in [2.45, 2.75) is 79.1 Å². The molecule has 0 fully saturated rings. The minimum absolute atomic E-state index is 0.540. The summed E-state index contributed by atoms with van der Waals surface area (Å²) in [6, 6.07) is 39.7. The van der Waals surface area contributed by atoms with Crippen molar-refractivity contribution in [1.82, 2.24) is 19.9 Å². The Labute approximate surface area is 310 Å². The monoisotopic (exact) mass is 684 g/mol. The van der Waals surface area contributed by atoms with Gasteiger partial charge >= 0.3 is 0 Å². The highest BCUT2D eigenvalue weighted by atomic mass is 14.7. The third-order valence-corrected chi connectivity index (χ3v) is 9.18. The van der Waals surface area contributed by atoms with Gasteiger partial charge in [0.2, 0.25) is 0 Å². The van der Waals surface area contributed by atoms with E-state index < -0.39 is 0 Å². The van der Waals surface area contributed by atoms with Crippen LogP contribution in [0.4, 0.5) is 0 Å². The zero-order valence-electron chi connectivity index (χ0n) is 32.0. The van der Waals surface area contributed by atoms with Gasteiger partial charge in [-0.05, 0) is 87.7 Å². The van der Waals surface area contributed by atoms with Gasteiger partial charge < -0.3 is 0 Å². The molecule has 0 aliphatic carbocycles. The molecule has 0 aliphatic heterocycles. The number of para-hydroxylation sites is 2. The molecule has 0 spiro atoms. The van der Waals surface area contributed by atoms with Gasteiger partial charge in [0.25, 0.3) is 0 Å². The van der Waals surface area contributed by atoms with Gasteiger partial charge in [-0.15, -0.1) is 0 Å². The molecule has 4 heteroatoms. The molecule has 4 aromatic carbocycles. The van der Waals surface area contributed by atoms with E-state index in [9.17, 15) is 0 Å². The molecule has 0 saturated carbocycles. The Morgan fingerprint density at radius 3 is 1.42 bits per heavy atom. The molecule has 4 nitrogen and oxygen atoms in total. The third-order valence-electron chi connectivity index (χ3n) is 9.18. The molecule has 0 N–H and O–H groups in total. The van der Waals surface area contributed by atoms with Gasteiger partial charge in [0, 0.05) is 52.5 Å². The standard InChI is InChI=1S/4C12H13N/c1-9(2)10-5-3-7-12-11(10)6-4-8-13-12;2*1-9(2)11-7-10-5-3-4-6-12(10)13-8-11;1-9(2)12-8-13-7-10-5-3-4-6-11(10)12/h4*3-9H,1-2H3. The van der Waals surface area contributed by atoms with Gasteiger partial charge in [0.1, 0.15) is 0 Å². The lowest BCUT2D eigenvalue weighted by molar-refractivity contribution is 0.862. The first kappa shape index (κ1) is 37.8. The molecule has 8 rings (SSSR count). The Hall–Kier alpha value is -5.48. The summed E-state index contributed by atoms with van der Waals surface area (Å²) >= 11 is 0. The highest BCUT2D eigenvalue weighted by Crippen LogP contribution is 2.25. The van der Waals surface area contributed by atoms with E-state index in [-0.39, 0.29) is 0 Å². The second kappa shape index (κ2) is 18.1. The maximum Gasteiger partial charge on any atom is 0.0704 e. The van der Waals surface area contributed by atoms with Crippen LogP contribution in [0.3, 0.4) is 0 Å². The first-order valence-electron chi connectivity index (χ1n) is 18.5. The summed E-state index contributed by atoms with van der Waals surface area (Å²) in [5, 5.41) is 6.30. The van der Waals surface area contributed by atoms with Gasteiger partial charge in [0.05, 0.1) is 16.6 Å². The zero-order valence-corrected chi connectivity index (χ0v) is 32.0. The summed E-state index contributed by atoms with van der Waals surface area (Å²) in [5.41, 5.74) is 8.56. The summed E-state index contributed by atoms with van der Waals surface area (Å²) in [7, 11) is 0. The highest BCUT2D eigenvalue weighted by Gasteiger charge is 2.05. The Morgan fingerprint density at radius 2 is 0.865 bits per heavy atom. The number of nitrogens with zero attached hydrogens (tertiary/aromatic N) is 4. The fourth-order valence-corrected chi connectivity index (χ4v) is 6.04. The number of pyridine rings is 4. The quantitative estimate of drug-likeness (QED) is 0.185. The van der Waals surface area contributed by atoms with E-state index in [0.717, 1.165) is 16.6 Å². The largest absolute Gasteiger partial charge is 0.264 e. The SMILES string of the molecule is CC(C)c1cccc2ncccc12.CC(C)c1cnc2ccccc2c1.CC(C)c1cnc2ccccc2c1.CC(C)c1cncc2ccccc12. The van der Waals surface area contributed by atoms with Crippen molar-refractivity contribution in [2.75, 3.05) is 0 Å². The summed E-state index contributed by atoms with van der Waals surface area (Å²) in [4.78, 5) is 17.4. The van der Waals surface area contributed by atoms with Crippen LogP contribution in [0.1, 0.15) is 101 Å². The van der Waals surface area contributed by atoms with Crippen molar-refractivity contribution < 1.29 is 0 Å². The first-order chi connectivity index (χ1) is 25.1. The lowest BCUT2D eigenvalue weighted by atomic mass is 9.98. The second-order valence-corrected chi connectivity index (χ2v) is 14.4. The molecule has 0 bridgehead atoms. The average Bonchev–Trinajstić information content (AvgIpc) is 3.17. The Bertz CT molecular complexity index is 2150. The lowest BCUT2D eigenvalue weighted by Crippen LogP contribution is -1.90. The molecule has 0 unspecified atom stereocenters. The molecular weight excluding hydrogens is 633 g/mol. The number of hydrogen-bond donors (Lipinski definition) is 0. The van der Waals surface area contributed by atoms with Gasteiger partial charge in [-0.3, -0.25) is 19.9 Å². The molecule has 8 aromatic rings. The number of hydrogen-bond acceptors (Lipinski definition) is 4. The van der Waals surface area contributed by atoms with E-state index in [1.165, 1.54) is 49.2 Å². The highest BCUT2D eigenvalue weighted by molar-refractivity contribution is 5.85. The molecule has 0 atom stereocenters. The van der Waals surface area contributed by atoms with Crippen molar-refractivity contribution in [3.63, 3.8) is 0 Å². The number of rotatable bonds is 4. The average molecular weight is 685 g/mol. The van der Waals surface area contributed by atoms with Crippen LogP contribution in [-0.2, 0) is 0 Å². The third kappa shape index (κ3) is 9.85. The van der Waals surface area contributed by atoms with Crippen LogP contribution in [0.15, 0.2) is 146 Å². The topological polar surface area (TPSA) is 51.6 Å². The van der Waals surface area contributed by atoms with E-state index in [1.807, 2.05) is 79.5 Å². The predicted octanol–water partition coefficient (Wildman–Crippen LogP) is 13.4. The van der Waals surface area contributed by atoms with Gasteiger partial charge in [0.15, 0.2) is 0 Å². The molecule has 0 radical (unpaired) electrons. The van der Waals surface area contributed by atoms with E-state index in [1.54, 1.807) is 0 Å². The molecule has 0 aliphatic rings. The Kier molecular flexibility index (Phi) is 13.2. The van der Waals surface area contributed by atoms with Crippen molar-refractivity contribution >= 4 is 43.5 Å². The number of fused-ring (bicyclic) bond motifs is 4. The van der Waals surface area contributed by atoms with Gasteiger partial charge in [-0.1, -0.05) is 134 Å². The van der Waals surface area contributed by atoms with Crippen molar-refractivity contribution in [3.05, 3.63) is 168 Å². The van der Waals surface area contributed by atoms with Crippen LogP contribution in [-0.4, -0.2) is 19.9 Å². The molecule has 0 amide bonds. The Balaban J connectivity index is 0.000000134. The number of aromatic nitrogens is 4. The van der Waals surface area contributed by atoms with Crippen LogP contribution < -0.4 is 0 Å². The molecule has 52 heavy (non-hydrogen) atoms. The van der Waals surface area contributed by atoms with E-state index in [2.05, 4.69) is 142 Å². The second-order valence-electron chi connectivity index (χ2n) is 14.4. The van der Waals surface area contributed by atoms with Crippen LogP contribution in [0, 0.1) is 0 Å². The maximum absolute atomic E-state index is 4.40.